The van der Waals surface area contributed by atoms with Gasteiger partial charge in [-0.05, 0) is 12.5 Å². The Bertz CT molecular complexity index is 354. The van der Waals surface area contributed by atoms with Crippen molar-refractivity contribution in [3.05, 3.63) is 35.4 Å². The molecule has 1 rings (SSSR count). The maximum Gasteiger partial charge on any atom is 0.216 e. The second-order valence-corrected chi connectivity index (χ2v) is 4.11. The number of Topliss-reactive ketones (excluding diaryl/α,β-unsaturated/α-hetero) is 2. The second-order valence-electron chi connectivity index (χ2n) is 3.19. The molecule has 0 aromatic heterocycles. The number of hydrogen-bond donors (Lipinski definition) is 0. The van der Waals surface area contributed by atoms with Crippen molar-refractivity contribution in [2.75, 3.05) is 0 Å². The number of alkyl halides is 1. The molecule has 0 amide bonds. The number of rotatable bonds is 3. The summed E-state index contributed by atoms with van der Waals surface area (Å²) in [6.45, 7) is 3.25. The number of ketones is 2. The Morgan fingerprint density at radius 3 is 2.14 bits per heavy atom. The zero-order valence-electron chi connectivity index (χ0n) is 8.08. The van der Waals surface area contributed by atoms with E-state index in [2.05, 4.69) is 15.9 Å². The van der Waals surface area contributed by atoms with Gasteiger partial charge in [-0.2, -0.15) is 0 Å². The van der Waals surface area contributed by atoms with Crippen LogP contribution in [0.15, 0.2) is 24.3 Å². The van der Waals surface area contributed by atoms with Gasteiger partial charge in [-0.15, -0.1) is 0 Å². The number of carbonyl (C=O) groups excluding carboxylic acids is 2. The van der Waals surface area contributed by atoms with E-state index in [1.807, 2.05) is 31.2 Å². The lowest BCUT2D eigenvalue weighted by atomic mass is 10.1. The van der Waals surface area contributed by atoms with Gasteiger partial charge >= 0.3 is 0 Å². The van der Waals surface area contributed by atoms with Crippen LogP contribution in [0.3, 0.4) is 0 Å². The summed E-state index contributed by atoms with van der Waals surface area (Å²) in [7, 11) is 0. The fourth-order valence-electron chi connectivity index (χ4n) is 1.07. The van der Waals surface area contributed by atoms with Gasteiger partial charge in [-0.25, -0.2) is 0 Å². The SMILES string of the molecule is CC(=O)C(=O)C(Br)c1ccc(C)cc1. The van der Waals surface area contributed by atoms with Crippen LogP contribution in [0.25, 0.3) is 0 Å². The molecule has 1 aromatic carbocycles. The van der Waals surface area contributed by atoms with Gasteiger partial charge in [0, 0.05) is 6.92 Å². The van der Waals surface area contributed by atoms with Crippen molar-refractivity contribution in [2.45, 2.75) is 18.7 Å². The van der Waals surface area contributed by atoms with Crippen LogP contribution in [-0.4, -0.2) is 11.6 Å². The largest absolute Gasteiger partial charge is 0.291 e. The highest BCUT2D eigenvalue weighted by atomic mass is 79.9. The van der Waals surface area contributed by atoms with E-state index in [0.717, 1.165) is 11.1 Å². The van der Waals surface area contributed by atoms with E-state index in [9.17, 15) is 9.59 Å². The topological polar surface area (TPSA) is 34.1 Å². The van der Waals surface area contributed by atoms with Gasteiger partial charge in [0.25, 0.3) is 0 Å². The molecule has 0 bridgehead atoms. The van der Waals surface area contributed by atoms with Crippen molar-refractivity contribution < 1.29 is 9.59 Å². The van der Waals surface area contributed by atoms with Gasteiger partial charge in [0.2, 0.25) is 5.78 Å². The Labute approximate surface area is 91.4 Å². The van der Waals surface area contributed by atoms with Gasteiger partial charge in [-0.1, -0.05) is 45.8 Å². The molecule has 0 saturated carbocycles. The number of hydrogen-bond acceptors (Lipinski definition) is 2. The Morgan fingerprint density at radius 2 is 1.71 bits per heavy atom. The Morgan fingerprint density at radius 1 is 1.21 bits per heavy atom. The summed E-state index contributed by atoms with van der Waals surface area (Å²) in [6.07, 6.45) is 0. The van der Waals surface area contributed by atoms with Crippen LogP contribution in [0, 0.1) is 6.92 Å². The molecular formula is C11H11BrO2. The van der Waals surface area contributed by atoms with E-state index in [1.54, 1.807) is 0 Å². The van der Waals surface area contributed by atoms with Crippen LogP contribution in [0.4, 0.5) is 0 Å². The minimum absolute atomic E-state index is 0.408. The predicted octanol–water partition coefficient (Wildman–Crippen LogP) is 2.59. The summed E-state index contributed by atoms with van der Waals surface area (Å²) in [4.78, 5) is 21.7. The first-order chi connectivity index (χ1) is 6.52. The summed E-state index contributed by atoms with van der Waals surface area (Å²) in [6, 6.07) is 7.51. The van der Waals surface area contributed by atoms with Gasteiger partial charge in [0.15, 0.2) is 5.78 Å². The molecule has 0 N–H and O–H groups in total. The molecule has 0 radical (unpaired) electrons. The van der Waals surface area contributed by atoms with E-state index < -0.39 is 16.4 Å². The molecule has 0 spiro atoms. The molecule has 0 aliphatic rings. The van der Waals surface area contributed by atoms with Crippen molar-refractivity contribution >= 4 is 27.5 Å². The summed E-state index contributed by atoms with van der Waals surface area (Å²) in [5.74, 6) is -0.832. The molecule has 74 valence electrons. The molecule has 1 atom stereocenters. The molecular weight excluding hydrogens is 244 g/mol. The van der Waals surface area contributed by atoms with Crippen LogP contribution in [0.5, 0.6) is 0 Å². The smallest absolute Gasteiger partial charge is 0.216 e. The fraction of sp³-hybridized carbons (Fsp3) is 0.273. The molecule has 2 nitrogen and oxygen atoms in total. The summed E-state index contributed by atoms with van der Waals surface area (Å²) < 4.78 is 0. The quantitative estimate of drug-likeness (QED) is 0.614. The Hall–Kier alpha value is -0.960. The molecule has 3 heteroatoms. The lowest BCUT2D eigenvalue weighted by Gasteiger charge is -2.06. The zero-order valence-corrected chi connectivity index (χ0v) is 9.67. The molecule has 1 aromatic rings. The molecule has 0 saturated heterocycles. The van der Waals surface area contributed by atoms with E-state index in [0.29, 0.717) is 0 Å². The van der Waals surface area contributed by atoms with Crippen molar-refractivity contribution in [2.24, 2.45) is 0 Å². The normalized spacial score (nSPS) is 12.2. The average Bonchev–Trinajstić information content (AvgIpc) is 2.16. The maximum absolute atomic E-state index is 11.3. The molecule has 0 fully saturated rings. The first-order valence-corrected chi connectivity index (χ1v) is 5.19. The lowest BCUT2D eigenvalue weighted by molar-refractivity contribution is -0.135. The predicted molar refractivity (Wildman–Crippen MR) is 58.5 cm³/mol. The minimum Gasteiger partial charge on any atom is -0.291 e. The minimum atomic E-state index is -0.513. The van der Waals surface area contributed by atoms with Gasteiger partial charge in [0.1, 0.15) is 4.83 Å². The van der Waals surface area contributed by atoms with Crippen molar-refractivity contribution in [3.63, 3.8) is 0 Å². The second kappa shape index (κ2) is 4.51. The van der Waals surface area contributed by atoms with E-state index in [1.165, 1.54) is 6.92 Å². The van der Waals surface area contributed by atoms with Crippen LogP contribution in [0.1, 0.15) is 22.9 Å². The highest BCUT2D eigenvalue weighted by Gasteiger charge is 2.20. The summed E-state index contributed by atoms with van der Waals surface area (Å²) >= 11 is 3.21. The summed E-state index contributed by atoms with van der Waals surface area (Å²) in [5.41, 5.74) is 1.94. The van der Waals surface area contributed by atoms with E-state index in [-0.39, 0.29) is 0 Å². The third kappa shape index (κ3) is 2.51. The molecule has 1 unspecified atom stereocenters. The van der Waals surface area contributed by atoms with E-state index >= 15 is 0 Å². The van der Waals surface area contributed by atoms with Gasteiger partial charge in [0.05, 0.1) is 0 Å². The number of carbonyl (C=O) groups is 2. The van der Waals surface area contributed by atoms with Crippen molar-refractivity contribution in [1.82, 2.24) is 0 Å². The van der Waals surface area contributed by atoms with Crippen LogP contribution >= 0.6 is 15.9 Å². The van der Waals surface area contributed by atoms with Crippen molar-refractivity contribution in [3.8, 4) is 0 Å². The summed E-state index contributed by atoms with van der Waals surface area (Å²) in [5, 5.41) is 0. The monoisotopic (exact) mass is 254 g/mol. The zero-order chi connectivity index (χ0) is 10.7. The standard InChI is InChI=1S/C11H11BrO2/c1-7-3-5-9(6-4-7)10(12)11(14)8(2)13/h3-6,10H,1-2H3. The van der Waals surface area contributed by atoms with Crippen LogP contribution in [-0.2, 0) is 9.59 Å². The van der Waals surface area contributed by atoms with Crippen LogP contribution in [0.2, 0.25) is 0 Å². The van der Waals surface area contributed by atoms with E-state index in [4.69, 9.17) is 0 Å². The maximum atomic E-state index is 11.3. The lowest BCUT2D eigenvalue weighted by Crippen LogP contribution is -2.15. The Kier molecular flexibility index (Phi) is 3.58. The fourth-order valence-corrected chi connectivity index (χ4v) is 1.69. The van der Waals surface area contributed by atoms with Crippen LogP contribution < -0.4 is 0 Å². The van der Waals surface area contributed by atoms with Gasteiger partial charge in [-0.3, -0.25) is 9.59 Å². The third-order valence-corrected chi connectivity index (χ3v) is 2.89. The average molecular weight is 255 g/mol. The highest BCUT2D eigenvalue weighted by Crippen LogP contribution is 2.24. The number of benzene rings is 1. The van der Waals surface area contributed by atoms with Crippen molar-refractivity contribution in [1.29, 1.82) is 0 Å². The first-order valence-electron chi connectivity index (χ1n) is 4.28. The van der Waals surface area contributed by atoms with Gasteiger partial charge < -0.3 is 0 Å². The highest BCUT2D eigenvalue weighted by molar-refractivity contribution is 9.09. The first kappa shape index (κ1) is 11.1. The molecule has 14 heavy (non-hydrogen) atoms. The number of halogens is 1. The number of aryl methyl sites for hydroxylation is 1. The molecule has 0 aliphatic heterocycles. The molecule has 0 heterocycles. The Balaban J connectivity index is 2.89. The molecule has 0 aliphatic carbocycles. The third-order valence-electron chi connectivity index (χ3n) is 1.95.